The lowest BCUT2D eigenvalue weighted by Gasteiger charge is -2.30. The Morgan fingerprint density at radius 2 is 2.20 bits per heavy atom. The maximum absolute atomic E-state index is 9.41. The molecule has 7 heteroatoms. The summed E-state index contributed by atoms with van der Waals surface area (Å²) in [5, 5.41) is 9.41. The van der Waals surface area contributed by atoms with Gasteiger partial charge < -0.3 is 19.6 Å². The van der Waals surface area contributed by atoms with Crippen LogP contribution in [0.15, 0.2) is 18.2 Å². The topological polar surface area (TPSA) is 54.0 Å². The van der Waals surface area contributed by atoms with Gasteiger partial charge in [0.1, 0.15) is 10.5 Å². The first kappa shape index (κ1) is 13.9. The van der Waals surface area contributed by atoms with E-state index < -0.39 is 0 Å². The predicted octanol–water partition coefficient (Wildman–Crippen LogP) is 2.33. The third-order valence-electron chi connectivity index (χ3n) is 3.47. The van der Waals surface area contributed by atoms with Gasteiger partial charge in [0.25, 0.3) is 0 Å². The number of benzene rings is 1. The van der Waals surface area contributed by atoms with E-state index in [0.29, 0.717) is 6.54 Å². The Kier molecular flexibility index (Phi) is 3.53. The van der Waals surface area contributed by atoms with E-state index in [1.807, 2.05) is 23.1 Å². The molecule has 3 rings (SSSR count). The lowest BCUT2D eigenvalue weighted by Crippen LogP contribution is -2.49. The molecule has 0 aliphatic carbocycles. The first-order valence-corrected chi connectivity index (χ1v) is 7.51. The van der Waals surface area contributed by atoms with Crippen LogP contribution >= 0.6 is 24.0 Å². The van der Waals surface area contributed by atoms with Crippen LogP contribution < -0.4 is 15.0 Å². The first-order chi connectivity index (χ1) is 9.51. The summed E-state index contributed by atoms with van der Waals surface area (Å²) < 4.78 is 11.3. The van der Waals surface area contributed by atoms with Crippen LogP contribution in [0.3, 0.4) is 0 Å². The summed E-state index contributed by atoms with van der Waals surface area (Å²) in [4.78, 5) is 1.98. The molecule has 1 saturated heterocycles. The van der Waals surface area contributed by atoms with Crippen molar-refractivity contribution in [3.8, 4) is 11.5 Å². The monoisotopic (exact) mass is 312 g/mol. The molecule has 108 valence electrons. The van der Waals surface area contributed by atoms with Gasteiger partial charge in [-0.25, -0.2) is 0 Å². The second kappa shape index (κ2) is 5.07. The van der Waals surface area contributed by atoms with Gasteiger partial charge in [-0.2, -0.15) is 5.48 Å². The number of rotatable bonds is 3. The van der Waals surface area contributed by atoms with E-state index in [9.17, 15) is 5.21 Å². The van der Waals surface area contributed by atoms with E-state index in [4.69, 9.17) is 21.7 Å². The third-order valence-corrected chi connectivity index (χ3v) is 5.11. The fourth-order valence-electron chi connectivity index (χ4n) is 2.44. The molecule has 0 radical (unpaired) electrons. The lowest BCUT2D eigenvalue weighted by molar-refractivity contribution is 0.0543. The standard InChI is InChI=1S/C13H16N2O3S2/c1-13(2)11(14-16)15(12(19)20-13)6-8-3-4-9-10(5-8)18-7-17-9/h3-5,11,14,16H,6-7H2,1-2H3/t11-/m1/s1. The van der Waals surface area contributed by atoms with Gasteiger partial charge in [0.2, 0.25) is 6.79 Å². The average Bonchev–Trinajstić information content (AvgIpc) is 2.92. The highest BCUT2D eigenvalue weighted by Gasteiger charge is 2.44. The van der Waals surface area contributed by atoms with Crippen LogP contribution in [-0.4, -0.2) is 32.1 Å². The van der Waals surface area contributed by atoms with E-state index in [1.54, 1.807) is 11.8 Å². The van der Waals surface area contributed by atoms with Gasteiger partial charge in [-0.15, -0.1) is 0 Å². The van der Waals surface area contributed by atoms with Gasteiger partial charge in [-0.3, -0.25) is 0 Å². The average molecular weight is 312 g/mol. The van der Waals surface area contributed by atoms with Crippen molar-refractivity contribution < 1.29 is 14.7 Å². The Balaban J connectivity index is 1.82. The number of nitrogens with one attached hydrogen (secondary N) is 1. The number of hydroxylamine groups is 1. The molecule has 0 saturated carbocycles. The highest BCUT2D eigenvalue weighted by Crippen LogP contribution is 2.41. The fraction of sp³-hybridized carbons (Fsp3) is 0.462. The molecule has 2 aliphatic rings. The van der Waals surface area contributed by atoms with Gasteiger partial charge in [-0.05, 0) is 31.5 Å². The molecule has 1 aromatic rings. The quantitative estimate of drug-likeness (QED) is 0.656. The summed E-state index contributed by atoms with van der Waals surface area (Å²) in [5.74, 6) is 1.53. The second-order valence-corrected chi connectivity index (χ2v) is 7.61. The Morgan fingerprint density at radius 3 is 2.95 bits per heavy atom. The number of nitrogens with zero attached hydrogens (tertiary/aromatic N) is 1. The summed E-state index contributed by atoms with van der Waals surface area (Å²) in [7, 11) is 0. The van der Waals surface area contributed by atoms with Gasteiger partial charge in [0.15, 0.2) is 11.5 Å². The van der Waals surface area contributed by atoms with E-state index in [2.05, 4.69) is 19.3 Å². The minimum Gasteiger partial charge on any atom is -0.454 e. The predicted molar refractivity (Wildman–Crippen MR) is 81.1 cm³/mol. The molecule has 2 heterocycles. The Labute approximate surface area is 127 Å². The first-order valence-electron chi connectivity index (χ1n) is 6.29. The zero-order chi connectivity index (χ0) is 14.3. The SMILES string of the molecule is CC1(C)SC(=S)N(Cc2ccc3c(c2)OCO3)[C@H]1NO. The molecule has 1 fully saturated rings. The molecule has 0 aromatic heterocycles. The van der Waals surface area contributed by atoms with Crippen LogP contribution in [0.5, 0.6) is 11.5 Å². The molecule has 0 bridgehead atoms. The maximum Gasteiger partial charge on any atom is 0.231 e. The van der Waals surface area contributed by atoms with Gasteiger partial charge >= 0.3 is 0 Å². The number of thiocarbonyl (C=S) groups is 1. The highest BCUT2D eigenvalue weighted by atomic mass is 32.2. The zero-order valence-corrected chi connectivity index (χ0v) is 12.9. The van der Waals surface area contributed by atoms with Crippen molar-refractivity contribution >= 4 is 28.3 Å². The zero-order valence-electron chi connectivity index (χ0n) is 11.3. The van der Waals surface area contributed by atoms with Crippen molar-refractivity contribution in [1.29, 1.82) is 0 Å². The summed E-state index contributed by atoms with van der Waals surface area (Å²) in [6.45, 7) is 4.99. The van der Waals surface area contributed by atoms with Crippen LogP contribution in [0, 0.1) is 0 Å². The van der Waals surface area contributed by atoms with E-state index in [0.717, 1.165) is 21.4 Å². The fourth-order valence-corrected chi connectivity index (χ4v) is 4.28. The number of ether oxygens (including phenoxy) is 2. The number of fused-ring (bicyclic) bond motifs is 1. The van der Waals surface area contributed by atoms with Crippen molar-refractivity contribution in [3.63, 3.8) is 0 Å². The van der Waals surface area contributed by atoms with Gasteiger partial charge in [0, 0.05) is 6.54 Å². The molecule has 5 nitrogen and oxygen atoms in total. The third kappa shape index (κ3) is 2.35. The number of thioether (sulfide) groups is 1. The second-order valence-electron chi connectivity index (χ2n) is 5.32. The summed E-state index contributed by atoms with van der Waals surface area (Å²) in [6, 6.07) is 5.84. The molecule has 2 aliphatic heterocycles. The van der Waals surface area contributed by atoms with Crippen molar-refractivity contribution in [3.05, 3.63) is 23.8 Å². The van der Waals surface area contributed by atoms with Crippen LogP contribution in [0.1, 0.15) is 19.4 Å². The van der Waals surface area contributed by atoms with Crippen LogP contribution in [-0.2, 0) is 6.54 Å². The van der Waals surface area contributed by atoms with Crippen molar-refractivity contribution in [2.75, 3.05) is 6.79 Å². The van der Waals surface area contributed by atoms with Crippen LogP contribution in [0.2, 0.25) is 0 Å². The van der Waals surface area contributed by atoms with E-state index in [1.165, 1.54) is 0 Å². The van der Waals surface area contributed by atoms with Crippen molar-refractivity contribution in [1.82, 2.24) is 10.4 Å². The van der Waals surface area contributed by atoms with Gasteiger partial charge in [0.05, 0.1) is 4.75 Å². The number of hydrogen-bond donors (Lipinski definition) is 2. The highest BCUT2D eigenvalue weighted by molar-refractivity contribution is 8.24. The molecule has 2 N–H and O–H groups in total. The minimum absolute atomic E-state index is 0.178. The molecule has 1 aromatic carbocycles. The molecule has 0 amide bonds. The Hall–Kier alpha value is -1.02. The van der Waals surface area contributed by atoms with Crippen LogP contribution in [0.4, 0.5) is 0 Å². The number of hydrogen-bond acceptors (Lipinski definition) is 6. The normalized spacial score (nSPS) is 23.4. The molecule has 1 atom stereocenters. The Bertz CT molecular complexity index is 550. The summed E-state index contributed by atoms with van der Waals surface area (Å²) in [6.07, 6.45) is -0.217. The molecule has 0 unspecified atom stereocenters. The lowest BCUT2D eigenvalue weighted by atomic mass is 10.1. The summed E-state index contributed by atoms with van der Waals surface area (Å²) >= 11 is 7.00. The van der Waals surface area contributed by atoms with Crippen molar-refractivity contribution in [2.45, 2.75) is 31.3 Å². The minimum atomic E-state index is -0.217. The van der Waals surface area contributed by atoms with Crippen molar-refractivity contribution in [2.24, 2.45) is 0 Å². The van der Waals surface area contributed by atoms with E-state index in [-0.39, 0.29) is 17.7 Å². The van der Waals surface area contributed by atoms with Crippen LogP contribution in [0.25, 0.3) is 0 Å². The summed E-state index contributed by atoms with van der Waals surface area (Å²) in [5.41, 5.74) is 3.43. The smallest absolute Gasteiger partial charge is 0.231 e. The molecular weight excluding hydrogens is 296 g/mol. The van der Waals surface area contributed by atoms with E-state index >= 15 is 0 Å². The molecule has 20 heavy (non-hydrogen) atoms. The maximum atomic E-state index is 9.41. The largest absolute Gasteiger partial charge is 0.454 e. The van der Waals surface area contributed by atoms with Gasteiger partial charge in [-0.1, -0.05) is 30.0 Å². The molecule has 0 spiro atoms. The Morgan fingerprint density at radius 1 is 1.45 bits per heavy atom. The molecular formula is C13H16N2O3S2.